The summed E-state index contributed by atoms with van der Waals surface area (Å²) in [6.07, 6.45) is 9.21. The molecule has 0 unspecified atom stereocenters. The molecule has 0 spiro atoms. The summed E-state index contributed by atoms with van der Waals surface area (Å²) in [5.74, 6) is 0.880. The molecule has 0 aliphatic rings. The maximum Gasteiger partial charge on any atom is 0.127 e. The normalized spacial score (nSPS) is 10.5. The Labute approximate surface area is 124 Å². The largest absolute Gasteiger partial charge is 0.491 e. The monoisotopic (exact) mass is 279 g/mol. The van der Waals surface area contributed by atoms with Crippen LogP contribution in [0.3, 0.4) is 0 Å². The summed E-state index contributed by atoms with van der Waals surface area (Å²) in [6.45, 7) is 3.42. The minimum absolute atomic E-state index is 0.604. The van der Waals surface area contributed by atoms with Crippen LogP contribution in [-0.4, -0.2) is 21.1 Å². The lowest BCUT2D eigenvalue weighted by atomic mass is 10.1. The van der Waals surface area contributed by atoms with Gasteiger partial charge in [-0.15, -0.1) is 0 Å². The van der Waals surface area contributed by atoms with Crippen LogP contribution in [0.5, 0.6) is 5.75 Å². The van der Waals surface area contributed by atoms with Gasteiger partial charge in [0, 0.05) is 35.9 Å². The summed E-state index contributed by atoms with van der Waals surface area (Å²) in [4.78, 5) is 8.28. The molecule has 4 heteroatoms. The van der Waals surface area contributed by atoms with E-state index < -0.39 is 0 Å². The fraction of sp³-hybridized carbons (Fsp3) is 0.176. The van der Waals surface area contributed by atoms with E-state index in [1.165, 1.54) is 0 Å². The van der Waals surface area contributed by atoms with Crippen LogP contribution in [0.2, 0.25) is 0 Å². The number of pyridine rings is 1. The van der Waals surface area contributed by atoms with Gasteiger partial charge in [0.1, 0.15) is 12.4 Å². The van der Waals surface area contributed by atoms with Gasteiger partial charge in [-0.3, -0.25) is 4.98 Å². The maximum atomic E-state index is 5.93. The molecule has 0 atom stereocenters. The Morgan fingerprint density at radius 2 is 2.05 bits per heavy atom. The van der Waals surface area contributed by atoms with Crippen LogP contribution in [-0.2, 0) is 6.54 Å². The van der Waals surface area contributed by atoms with Crippen LogP contribution < -0.4 is 4.74 Å². The van der Waals surface area contributed by atoms with Crippen LogP contribution in [0.15, 0.2) is 61.4 Å². The van der Waals surface area contributed by atoms with Crippen LogP contribution in [0.1, 0.15) is 5.56 Å². The van der Waals surface area contributed by atoms with Crippen molar-refractivity contribution < 1.29 is 4.74 Å². The van der Waals surface area contributed by atoms with Gasteiger partial charge in [-0.2, -0.15) is 0 Å². The van der Waals surface area contributed by atoms with Crippen LogP contribution >= 0.6 is 0 Å². The lowest BCUT2D eigenvalue weighted by molar-refractivity contribution is 0.299. The third-order valence-corrected chi connectivity index (χ3v) is 3.24. The van der Waals surface area contributed by atoms with Crippen molar-refractivity contribution in [1.82, 2.24) is 14.5 Å². The number of imidazole rings is 1. The SMILES string of the molecule is Cc1cncc(-c2ccccc2OCCn2ccnc2)c1. The number of hydrogen-bond donors (Lipinski definition) is 0. The maximum absolute atomic E-state index is 5.93. The molecule has 0 aliphatic heterocycles. The number of nitrogens with zero attached hydrogens (tertiary/aromatic N) is 3. The minimum Gasteiger partial charge on any atom is -0.491 e. The molecule has 3 rings (SSSR count). The summed E-state index contributed by atoms with van der Waals surface area (Å²) in [6, 6.07) is 10.2. The molecule has 0 N–H and O–H groups in total. The number of aromatic nitrogens is 3. The summed E-state index contributed by atoms with van der Waals surface area (Å²) in [5, 5.41) is 0. The van der Waals surface area contributed by atoms with Crippen molar-refractivity contribution in [2.45, 2.75) is 13.5 Å². The molecule has 0 saturated carbocycles. The molecule has 0 aliphatic carbocycles. The first-order valence-corrected chi connectivity index (χ1v) is 6.92. The first-order chi connectivity index (χ1) is 10.3. The number of aryl methyl sites for hydroxylation is 1. The second-order valence-electron chi connectivity index (χ2n) is 4.90. The smallest absolute Gasteiger partial charge is 0.127 e. The second-order valence-corrected chi connectivity index (χ2v) is 4.90. The topological polar surface area (TPSA) is 39.9 Å². The van der Waals surface area contributed by atoms with Crippen molar-refractivity contribution >= 4 is 0 Å². The highest BCUT2D eigenvalue weighted by Gasteiger charge is 2.06. The molecular formula is C17H17N3O. The van der Waals surface area contributed by atoms with E-state index in [9.17, 15) is 0 Å². The molecule has 0 saturated heterocycles. The van der Waals surface area contributed by atoms with Crippen molar-refractivity contribution in [2.75, 3.05) is 6.61 Å². The van der Waals surface area contributed by atoms with Gasteiger partial charge in [-0.1, -0.05) is 18.2 Å². The summed E-state index contributed by atoms with van der Waals surface area (Å²) in [7, 11) is 0. The Hall–Kier alpha value is -2.62. The van der Waals surface area contributed by atoms with Gasteiger partial charge < -0.3 is 9.30 Å². The third-order valence-electron chi connectivity index (χ3n) is 3.24. The second kappa shape index (κ2) is 6.22. The Bertz CT molecular complexity index is 708. The fourth-order valence-corrected chi connectivity index (χ4v) is 2.21. The van der Waals surface area contributed by atoms with Crippen molar-refractivity contribution in [3.63, 3.8) is 0 Å². The van der Waals surface area contributed by atoms with Crippen LogP contribution in [0.25, 0.3) is 11.1 Å². The van der Waals surface area contributed by atoms with Crippen molar-refractivity contribution in [3.8, 4) is 16.9 Å². The molecule has 0 radical (unpaired) electrons. The average Bonchev–Trinajstić information content (AvgIpc) is 3.01. The van der Waals surface area contributed by atoms with Crippen molar-refractivity contribution in [3.05, 3.63) is 67.0 Å². The Kier molecular flexibility index (Phi) is 3.96. The molecule has 0 amide bonds. The van der Waals surface area contributed by atoms with E-state index in [0.717, 1.165) is 29.0 Å². The van der Waals surface area contributed by atoms with E-state index in [4.69, 9.17) is 4.74 Å². The quantitative estimate of drug-likeness (QED) is 0.719. The first kappa shape index (κ1) is 13.4. The van der Waals surface area contributed by atoms with Crippen molar-refractivity contribution in [1.29, 1.82) is 0 Å². The highest BCUT2D eigenvalue weighted by molar-refractivity contribution is 5.70. The fourth-order valence-electron chi connectivity index (χ4n) is 2.21. The number of para-hydroxylation sites is 1. The zero-order valence-electron chi connectivity index (χ0n) is 11.9. The number of ether oxygens (including phenoxy) is 1. The van der Waals surface area contributed by atoms with Gasteiger partial charge in [0.2, 0.25) is 0 Å². The lowest BCUT2D eigenvalue weighted by Crippen LogP contribution is -2.07. The van der Waals surface area contributed by atoms with E-state index in [1.54, 1.807) is 12.5 Å². The molecule has 0 bridgehead atoms. The Morgan fingerprint density at radius 1 is 1.14 bits per heavy atom. The van der Waals surface area contributed by atoms with Gasteiger partial charge in [0.25, 0.3) is 0 Å². The van der Waals surface area contributed by atoms with E-state index in [1.807, 2.05) is 48.3 Å². The van der Waals surface area contributed by atoms with Gasteiger partial charge in [0.15, 0.2) is 0 Å². The Balaban J connectivity index is 1.76. The molecule has 0 fully saturated rings. The number of hydrogen-bond acceptors (Lipinski definition) is 3. The van der Waals surface area contributed by atoms with Crippen molar-refractivity contribution in [2.24, 2.45) is 0 Å². The van der Waals surface area contributed by atoms with Gasteiger partial charge in [-0.25, -0.2) is 4.98 Å². The van der Waals surface area contributed by atoms with E-state index in [2.05, 4.69) is 22.1 Å². The minimum atomic E-state index is 0.604. The zero-order chi connectivity index (χ0) is 14.5. The highest BCUT2D eigenvalue weighted by Crippen LogP contribution is 2.29. The van der Waals surface area contributed by atoms with E-state index in [0.29, 0.717) is 6.61 Å². The van der Waals surface area contributed by atoms with Crippen LogP contribution in [0.4, 0.5) is 0 Å². The molecule has 2 aromatic heterocycles. The summed E-state index contributed by atoms with van der Waals surface area (Å²) >= 11 is 0. The van der Waals surface area contributed by atoms with Crippen LogP contribution in [0, 0.1) is 6.92 Å². The predicted octanol–water partition coefficient (Wildman–Crippen LogP) is 3.33. The molecule has 106 valence electrons. The first-order valence-electron chi connectivity index (χ1n) is 6.92. The summed E-state index contributed by atoms with van der Waals surface area (Å²) in [5.41, 5.74) is 3.29. The predicted molar refractivity (Wildman–Crippen MR) is 82.1 cm³/mol. The molecule has 1 aromatic carbocycles. The van der Waals surface area contributed by atoms with E-state index >= 15 is 0 Å². The number of benzene rings is 1. The van der Waals surface area contributed by atoms with E-state index in [-0.39, 0.29) is 0 Å². The summed E-state index contributed by atoms with van der Waals surface area (Å²) < 4.78 is 7.93. The molecule has 3 aromatic rings. The van der Waals surface area contributed by atoms with Gasteiger partial charge >= 0.3 is 0 Å². The molecule has 2 heterocycles. The van der Waals surface area contributed by atoms with Gasteiger partial charge in [-0.05, 0) is 24.6 Å². The molecule has 4 nitrogen and oxygen atoms in total. The Morgan fingerprint density at radius 3 is 2.86 bits per heavy atom. The standard InChI is InChI=1S/C17H17N3O/c1-14-10-15(12-19-11-14)16-4-2-3-5-17(16)21-9-8-20-7-6-18-13-20/h2-7,10-13H,8-9H2,1H3. The molecular weight excluding hydrogens is 262 g/mol. The highest BCUT2D eigenvalue weighted by atomic mass is 16.5. The zero-order valence-corrected chi connectivity index (χ0v) is 11.9. The lowest BCUT2D eigenvalue weighted by Gasteiger charge is -2.12. The third kappa shape index (κ3) is 3.28. The average molecular weight is 279 g/mol. The number of rotatable bonds is 5. The molecule has 21 heavy (non-hydrogen) atoms. The van der Waals surface area contributed by atoms with Gasteiger partial charge in [0.05, 0.1) is 12.9 Å².